The lowest BCUT2D eigenvalue weighted by molar-refractivity contribution is 0.511. The second kappa shape index (κ2) is 5.15. The molecule has 0 aliphatic carbocycles. The van der Waals surface area contributed by atoms with Crippen molar-refractivity contribution in [2.75, 3.05) is 6.54 Å². The van der Waals surface area contributed by atoms with Gasteiger partial charge in [-0.25, -0.2) is 0 Å². The van der Waals surface area contributed by atoms with E-state index in [-0.39, 0.29) is 0 Å². The molecular weight excluding hydrogens is 186 g/mol. The van der Waals surface area contributed by atoms with Crippen LogP contribution >= 0.6 is 0 Å². The van der Waals surface area contributed by atoms with E-state index < -0.39 is 0 Å². The largest absolute Gasteiger partial charge is 0.469 e. The lowest BCUT2D eigenvalue weighted by Gasteiger charge is -1.92. The van der Waals surface area contributed by atoms with Crippen molar-refractivity contribution in [1.29, 1.82) is 0 Å². The summed E-state index contributed by atoms with van der Waals surface area (Å²) < 4.78 is 5.21. The first-order valence-electron chi connectivity index (χ1n) is 5.02. The number of nitrogens with zero attached hydrogens (tertiary/aromatic N) is 1. The van der Waals surface area contributed by atoms with Crippen LogP contribution in [0.4, 0.5) is 0 Å². The minimum absolute atomic E-state index is 0.766. The summed E-state index contributed by atoms with van der Waals surface area (Å²) in [4.78, 5) is 4.33. The summed E-state index contributed by atoms with van der Waals surface area (Å²) in [5.41, 5.74) is 1.14. The standard InChI is InChI=1S/C13H13NO/c1-2-5-12(6-3-1)11-14-9-8-13-7-4-10-15-13/h1-7,10-11H,8-9H2. The van der Waals surface area contributed by atoms with E-state index in [4.69, 9.17) is 4.42 Å². The lowest BCUT2D eigenvalue weighted by Crippen LogP contribution is -1.88. The quantitative estimate of drug-likeness (QED) is 0.695. The van der Waals surface area contributed by atoms with Crippen LogP contribution in [-0.2, 0) is 6.42 Å². The maximum atomic E-state index is 5.21. The van der Waals surface area contributed by atoms with E-state index in [1.165, 1.54) is 0 Å². The van der Waals surface area contributed by atoms with Crippen molar-refractivity contribution in [3.05, 3.63) is 60.1 Å². The molecule has 15 heavy (non-hydrogen) atoms. The summed E-state index contributed by atoms with van der Waals surface area (Å²) in [6, 6.07) is 14.0. The van der Waals surface area contributed by atoms with E-state index in [9.17, 15) is 0 Å². The highest BCUT2D eigenvalue weighted by molar-refractivity contribution is 5.79. The molecule has 0 bridgehead atoms. The highest BCUT2D eigenvalue weighted by Crippen LogP contribution is 2.01. The fraction of sp³-hybridized carbons (Fsp3) is 0.154. The second-order valence-electron chi connectivity index (χ2n) is 3.28. The SMILES string of the molecule is C(=NCCc1ccco1)c1ccccc1. The van der Waals surface area contributed by atoms with Crippen LogP contribution in [0.5, 0.6) is 0 Å². The van der Waals surface area contributed by atoms with E-state index in [1.807, 2.05) is 48.7 Å². The van der Waals surface area contributed by atoms with Crippen LogP contribution in [-0.4, -0.2) is 12.8 Å². The average molecular weight is 199 g/mol. The molecule has 0 radical (unpaired) electrons. The molecule has 1 heterocycles. The van der Waals surface area contributed by atoms with E-state index in [0.29, 0.717) is 0 Å². The van der Waals surface area contributed by atoms with Crippen LogP contribution in [0.1, 0.15) is 11.3 Å². The van der Waals surface area contributed by atoms with Crippen molar-refractivity contribution in [1.82, 2.24) is 0 Å². The molecule has 0 aliphatic heterocycles. The number of hydrogen-bond donors (Lipinski definition) is 0. The third kappa shape index (κ3) is 3.09. The van der Waals surface area contributed by atoms with Crippen molar-refractivity contribution in [3.63, 3.8) is 0 Å². The molecule has 2 nitrogen and oxygen atoms in total. The Bertz CT molecular complexity index is 403. The van der Waals surface area contributed by atoms with Gasteiger partial charge in [0, 0.05) is 19.2 Å². The predicted molar refractivity (Wildman–Crippen MR) is 61.3 cm³/mol. The third-order valence-corrected chi connectivity index (χ3v) is 2.11. The van der Waals surface area contributed by atoms with Gasteiger partial charge in [0.1, 0.15) is 5.76 Å². The molecule has 0 spiro atoms. The second-order valence-corrected chi connectivity index (χ2v) is 3.28. The fourth-order valence-electron chi connectivity index (χ4n) is 1.34. The smallest absolute Gasteiger partial charge is 0.105 e. The van der Waals surface area contributed by atoms with Crippen LogP contribution < -0.4 is 0 Å². The molecule has 0 aliphatic rings. The Hall–Kier alpha value is -1.83. The summed E-state index contributed by atoms with van der Waals surface area (Å²) in [6.07, 6.45) is 4.44. The van der Waals surface area contributed by atoms with Crippen LogP contribution in [0, 0.1) is 0 Å². The molecule has 2 rings (SSSR count). The first-order chi connectivity index (χ1) is 7.45. The minimum Gasteiger partial charge on any atom is -0.469 e. The van der Waals surface area contributed by atoms with E-state index >= 15 is 0 Å². The number of benzene rings is 1. The third-order valence-electron chi connectivity index (χ3n) is 2.11. The van der Waals surface area contributed by atoms with Gasteiger partial charge in [0.2, 0.25) is 0 Å². The van der Waals surface area contributed by atoms with E-state index in [0.717, 1.165) is 24.3 Å². The predicted octanol–water partition coefficient (Wildman–Crippen LogP) is 2.94. The first-order valence-corrected chi connectivity index (χ1v) is 5.02. The number of furan rings is 1. The average Bonchev–Trinajstić information content (AvgIpc) is 2.79. The fourth-order valence-corrected chi connectivity index (χ4v) is 1.34. The Labute approximate surface area is 89.3 Å². The van der Waals surface area contributed by atoms with E-state index in [2.05, 4.69) is 4.99 Å². The van der Waals surface area contributed by atoms with Gasteiger partial charge >= 0.3 is 0 Å². The zero-order chi connectivity index (χ0) is 10.3. The van der Waals surface area contributed by atoms with Gasteiger partial charge in [-0.1, -0.05) is 30.3 Å². The molecule has 2 aromatic rings. The summed E-state index contributed by atoms with van der Waals surface area (Å²) in [6.45, 7) is 0.766. The molecular formula is C13H13NO. The molecule has 0 amide bonds. The molecule has 2 heteroatoms. The van der Waals surface area contributed by atoms with Gasteiger partial charge in [-0.3, -0.25) is 4.99 Å². The number of aliphatic imine (C=N–C) groups is 1. The summed E-state index contributed by atoms with van der Waals surface area (Å²) in [7, 11) is 0. The highest BCUT2D eigenvalue weighted by Gasteiger charge is 1.92. The van der Waals surface area contributed by atoms with Crippen molar-refractivity contribution >= 4 is 6.21 Å². The van der Waals surface area contributed by atoms with Crippen LogP contribution in [0.3, 0.4) is 0 Å². The zero-order valence-electron chi connectivity index (χ0n) is 8.47. The molecule has 1 aromatic carbocycles. The van der Waals surface area contributed by atoms with Crippen molar-refractivity contribution in [3.8, 4) is 0 Å². The van der Waals surface area contributed by atoms with Crippen LogP contribution in [0.2, 0.25) is 0 Å². The molecule has 0 fully saturated rings. The van der Waals surface area contributed by atoms with Gasteiger partial charge in [0.25, 0.3) is 0 Å². The molecule has 0 atom stereocenters. The molecule has 76 valence electrons. The Morgan fingerprint density at radius 2 is 1.93 bits per heavy atom. The van der Waals surface area contributed by atoms with Gasteiger partial charge in [-0.2, -0.15) is 0 Å². The Morgan fingerprint density at radius 3 is 2.67 bits per heavy atom. The maximum absolute atomic E-state index is 5.21. The summed E-state index contributed by atoms with van der Waals surface area (Å²) in [5, 5.41) is 0. The lowest BCUT2D eigenvalue weighted by atomic mass is 10.2. The highest BCUT2D eigenvalue weighted by atomic mass is 16.3. The molecule has 0 saturated carbocycles. The minimum atomic E-state index is 0.766. The molecule has 0 unspecified atom stereocenters. The van der Waals surface area contributed by atoms with Gasteiger partial charge in [0.05, 0.1) is 6.26 Å². The summed E-state index contributed by atoms with van der Waals surface area (Å²) >= 11 is 0. The van der Waals surface area contributed by atoms with Gasteiger partial charge in [-0.05, 0) is 17.7 Å². The molecule has 1 aromatic heterocycles. The van der Waals surface area contributed by atoms with Gasteiger partial charge < -0.3 is 4.42 Å². The Balaban J connectivity index is 1.81. The Morgan fingerprint density at radius 1 is 1.07 bits per heavy atom. The number of rotatable bonds is 4. The Kier molecular flexibility index (Phi) is 3.34. The maximum Gasteiger partial charge on any atom is 0.105 e. The van der Waals surface area contributed by atoms with Crippen molar-refractivity contribution in [2.24, 2.45) is 4.99 Å². The zero-order valence-corrected chi connectivity index (χ0v) is 8.47. The molecule has 0 saturated heterocycles. The normalized spacial score (nSPS) is 10.9. The monoisotopic (exact) mass is 199 g/mol. The van der Waals surface area contributed by atoms with E-state index in [1.54, 1.807) is 6.26 Å². The van der Waals surface area contributed by atoms with Gasteiger partial charge in [-0.15, -0.1) is 0 Å². The van der Waals surface area contributed by atoms with Crippen LogP contribution in [0.25, 0.3) is 0 Å². The van der Waals surface area contributed by atoms with Gasteiger partial charge in [0.15, 0.2) is 0 Å². The first kappa shape index (κ1) is 9.71. The summed E-state index contributed by atoms with van der Waals surface area (Å²) in [5.74, 6) is 0.986. The van der Waals surface area contributed by atoms with Crippen LogP contribution in [0.15, 0.2) is 58.1 Å². The topological polar surface area (TPSA) is 25.5 Å². The van der Waals surface area contributed by atoms with Crippen molar-refractivity contribution < 1.29 is 4.42 Å². The molecule has 0 N–H and O–H groups in total. The van der Waals surface area contributed by atoms with Crippen molar-refractivity contribution in [2.45, 2.75) is 6.42 Å². The number of hydrogen-bond acceptors (Lipinski definition) is 2.